The summed E-state index contributed by atoms with van der Waals surface area (Å²) in [5.74, 6) is 0.760. The summed E-state index contributed by atoms with van der Waals surface area (Å²) in [5.41, 5.74) is 0.532. The van der Waals surface area contributed by atoms with Gasteiger partial charge in [0, 0.05) is 24.6 Å². The van der Waals surface area contributed by atoms with Crippen LogP contribution in [0.3, 0.4) is 0 Å². The van der Waals surface area contributed by atoms with Crippen LogP contribution in [-0.2, 0) is 0 Å². The number of fused-ring (bicyclic) bond motifs is 1. The van der Waals surface area contributed by atoms with Gasteiger partial charge >= 0.3 is 0 Å². The van der Waals surface area contributed by atoms with Crippen molar-refractivity contribution in [3.63, 3.8) is 0 Å². The highest BCUT2D eigenvalue weighted by atomic mass is 32.1. The van der Waals surface area contributed by atoms with E-state index in [1.54, 1.807) is 15.9 Å². The number of aromatic nitrogens is 4. The van der Waals surface area contributed by atoms with Gasteiger partial charge in [-0.15, -0.1) is 10.2 Å². The first-order valence-electron chi connectivity index (χ1n) is 7.85. The Morgan fingerprint density at radius 2 is 1.92 bits per heavy atom. The van der Waals surface area contributed by atoms with Gasteiger partial charge in [0.15, 0.2) is 5.82 Å². The third-order valence-corrected chi connectivity index (χ3v) is 5.45. The minimum atomic E-state index is -0.330. The number of amides is 1. The van der Waals surface area contributed by atoms with E-state index in [0.717, 1.165) is 28.6 Å². The van der Waals surface area contributed by atoms with Gasteiger partial charge in [0.25, 0.3) is 5.91 Å². The van der Waals surface area contributed by atoms with Gasteiger partial charge in [-0.2, -0.15) is 9.61 Å². The summed E-state index contributed by atoms with van der Waals surface area (Å²) < 4.78 is 14.8. The molecule has 0 aliphatic carbocycles. The summed E-state index contributed by atoms with van der Waals surface area (Å²) in [6, 6.07) is 5.72. The molecule has 124 valence electrons. The van der Waals surface area contributed by atoms with E-state index in [2.05, 4.69) is 15.3 Å². The van der Waals surface area contributed by atoms with Crippen molar-refractivity contribution in [3.8, 4) is 0 Å². The quantitative estimate of drug-likeness (QED) is 0.716. The molecule has 8 heteroatoms. The van der Waals surface area contributed by atoms with E-state index in [-0.39, 0.29) is 11.7 Å². The molecule has 1 aliphatic rings. The minimum Gasteiger partial charge on any atom is -0.339 e. The highest BCUT2D eigenvalue weighted by Gasteiger charge is 2.27. The first-order chi connectivity index (χ1) is 11.6. The van der Waals surface area contributed by atoms with Crippen molar-refractivity contribution >= 4 is 22.2 Å². The highest BCUT2D eigenvalue weighted by molar-refractivity contribution is 7.16. The fourth-order valence-corrected chi connectivity index (χ4v) is 4.05. The number of aryl methyl sites for hydroxylation is 1. The van der Waals surface area contributed by atoms with Crippen LogP contribution in [0.1, 0.15) is 39.9 Å². The van der Waals surface area contributed by atoms with Crippen LogP contribution in [0, 0.1) is 12.7 Å². The molecule has 4 rings (SSSR count). The lowest BCUT2D eigenvalue weighted by Gasteiger charge is -2.31. The van der Waals surface area contributed by atoms with Gasteiger partial charge in [-0.25, -0.2) is 4.39 Å². The van der Waals surface area contributed by atoms with Crippen molar-refractivity contribution in [3.05, 3.63) is 46.5 Å². The Kier molecular flexibility index (Phi) is 3.76. The van der Waals surface area contributed by atoms with Crippen LogP contribution >= 0.6 is 11.3 Å². The van der Waals surface area contributed by atoms with Crippen LogP contribution in [0.15, 0.2) is 24.3 Å². The topological polar surface area (TPSA) is 63.4 Å². The molecule has 1 aliphatic heterocycles. The average Bonchev–Trinajstić information content (AvgIpc) is 3.18. The summed E-state index contributed by atoms with van der Waals surface area (Å²) in [4.78, 5) is 15.1. The Balaban J connectivity index is 1.44. The van der Waals surface area contributed by atoms with E-state index in [1.807, 2.05) is 11.8 Å². The fourth-order valence-electron chi connectivity index (χ4n) is 3.00. The largest absolute Gasteiger partial charge is 0.339 e. The van der Waals surface area contributed by atoms with E-state index < -0.39 is 0 Å². The molecule has 1 aromatic carbocycles. The van der Waals surface area contributed by atoms with Gasteiger partial charge < -0.3 is 4.90 Å². The summed E-state index contributed by atoms with van der Waals surface area (Å²) in [5, 5.41) is 13.7. The Hall–Kier alpha value is -2.35. The van der Waals surface area contributed by atoms with Gasteiger partial charge in [-0.05, 0) is 44.0 Å². The smallest absolute Gasteiger partial charge is 0.253 e. The monoisotopic (exact) mass is 345 g/mol. The predicted octanol–water partition coefficient (Wildman–Crippen LogP) is 2.65. The predicted molar refractivity (Wildman–Crippen MR) is 87.7 cm³/mol. The molecule has 6 nitrogen and oxygen atoms in total. The third-order valence-electron chi connectivity index (χ3n) is 4.38. The number of nitrogens with zero attached hydrogens (tertiary/aromatic N) is 5. The third kappa shape index (κ3) is 2.66. The van der Waals surface area contributed by atoms with Crippen molar-refractivity contribution in [2.45, 2.75) is 25.7 Å². The molecule has 3 aromatic rings. The number of halogens is 1. The maximum Gasteiger partial charge on any atom is 0.253 e. The van der Waals surface area contributed by atoms with Crippen molar-refractivity contribution < 1.29 is 9.18 Å². The standard InChI is InChI=1S/C16H16FN5OS/c1-10-18-19-16-22(10)20-14(24-16)11-6-8-21(9-7-11)15(23)12-2-4-13(17)5-3-12/h2-5,11H,6-9H2,1H3. The minimum absolute atomic E-state index is 0.0394. The molecule has 0 N–H and O–H groups in total. The molecule has 0 unspecified atom stereocenters. The molecular weight excluding hydrogens is 329 g/mol. The van der Waals surface area contributed by atoms with E-state index in [9.17, 15) is 9.18 Å². The number of benzene rings is 1. The van der Waals surface area contributed by atoms with Crippen molar-refractivity contribution in [2.24, 2.45) is 0 Å². The second kappa shape index (κ2) is 5.94. The molecule has 24 heavy (non-hydrogen) atoms. The first kappa shape index (κ1) is 15.2. The zero-order valence-electron chi connectivity index (χ0n) is 13.1. The molecule has 3 heterocycles. The molecule has 0 bridgehead atoms. The highest BCUT2D eigenvalue weighted by Crippen LogP contribution is 2.31. The van der Waals surface area contributed by atoms with Crippen LogP contribution in [0.2, 0.25) is 0 Å². The van der Waals surface area contributed by atoms with E-state index in [0.29, 0.717) is 24.6 Å². The van der Waals surface area contributed by atoms with Crippen LogP contribution < -0.4 is 0 Å². The second-order valence-corrected chi connectivity index (χ2v) is 6.94. The molecule has 0 saturated carbocycles. The van der Waals surface area contributed by atoms with E-state index in [4.69, 9.17) is 0 Å². The molecule has 1 saturated heterocycles. The number of rotatable bonds is 2. The Morgan fingerprint density at radius 3 is 2.58 bits per heavy atom. The number of likely N-dealkylation sites (tertiary alicyclic amines) is 1. The maximum absolute atomic E-state index is 13.0. The SMILES string of the molecule is Cc1nnc2sc(C3CCN(C(=O)c4ccc(F)cc4)CC3)nn12. The zero-order chi connectivity index (χ0) is 16.7. The van der Waals surface area contributed by atoms with E-state index in [1.165, 1.54) is 24.3 Å². The van der Waals surface area contributed by atoms with Crippen LogP contribution in [0.4, 0.5) is 4.39 Å². The van der Waals surface area contributed by atoms with Gasteiger partial charge in [0.2, 0.25) is 4.96 Å². The van der Waals surface area contributed by atoms with Crippen molar-refractivity contribution in [2.75, 3.05) is 13.1 Å². The van der Waals surface area contributed by atoms with Crippen LogP contribution in [0.5, 0.6) is 0 Å². The summed E-state index contributed by atoms with van der Waals surface area (Å²) in [7, 11) is 0. The summed E-state index contributed by atoms with van der Waals surface area (Å²) >= 11 is 1.57. The summed E-state index contributed by atoms with van der Waals surface area (Å²) in [6.45, 7) is 3.24. The Morgan fingerprint density at radius 1 is 1.21 bits per heavy atom. The number of hydrogen-bond donors (Lipinski definition) is 0. The number of piperidine rings is 1. The lowest BCUT2D eigenvalue weighted by atomic mass is 9.97. The molecule has 2 aromatic heterocycles. The van der Waals surface area contributed by atoms with Gasteiger partial charge in [-0.3, -0.25) is 4.79 Å². The lowest BCUT2D eigenvalue weighted by Crippen LogP contribution is -2.37. The van der Waals surface area contributed by atoms with Crippen LogP contribution in [0.25, 0.3) is 4.96 Å². The number of hydrogen-bond acceptors (Lipinski definition) is 5. The van der Waals surface area contributed by atoms with Crippen LogP contribution in [-0.4, -0.2) is 43.7 Å². The molecule has 0 atom stereocenters. The van der Waals surface area contributed by atoms with E-state index >= 15 is 0 Å². The van der Waals surface area contributed by atoms with Crippen molar-refractivity contribution in [1.82, 2.24) is 24.7 Å². The average molecular weight is 345 g/mol. The number of carbonyl (C=O) groups is 1. The molecule has 0 spiro atoms. The Labute approximate surface area is 141 Å². The molecular formula is C16H16FN5OS. The maximum atomic E-state index is 13.0. The summed E-state index contributed by atoms with van der Waals surface area (Å²) in [6.07, 6.45) is 1.74. The van der Waals surface area contributed by atoms with Gasteiger partial charge in [-0.1, -0.05) is 11.3 Å². The first-order valence-corrected chi connectivity index (χ1v) is 8.67. The molecule has 1 fully saturated rings. The molecule has 1 amide bonds. The zero-order valence-corrected chi connectivity index (χ0v) is 14.0. The fraction of sp³-hybridized carbons (Fsp3) is 0.375. The number of carbonyl (C=O) groups excluding carboxylic acids is 1. The van der Waals surface area contributed by atoms with Crippen molar-refractivity contribution in [1.29, 1.82) is 0 Å². The molecule has 0 radical (unpaired) electrons. The van der Waals surface area contributed by atoms with Gasteiger partial charge in [0.05, 0.1) is 0 Å². The Bertz CT molecular complexity index is 880. The van der Waals surface area contributed by atoms with Gasteiger partial charge in [0.1, 0.15) is 10.8 Å². The normalized spacial score (nSPS) is 16.0. The lowest BCUT2D eigenvalue weighted by molar-refractivity contribution is 0.0712. The second-order valence-electron chi connectivity index (χ2n) is 5.96.